The highest BCUT2D eigenvalue weighted by Gasteiger charge is 2.52. The largest absolute Gasteiger partial charge is 0.341 e. The average Bonchev–Trinajstić information content (AvgIpc) is 2.87. The summed E-state index contributed by atoms with van der Waals surface area (Å²) in [6.45, 7) is 3.63. The molecule has 2 fully saturated rings. The Morgan fingerprint density at radius 3 is 1.31 bits per heavy atom. The zero-order valence-corrected chi connectivity index (χ0v) is 20.9. The van der Waals surface area contributed by atoms with Crippen LogP contribution in [0.3, 0.4) is 0 Å². The smallest absolute Gasteiger partial charge is 0.250 e. The summed E-state index contributed by atoms with van der Waals surface area (Å²) in [5, 5.41) is 12.1. The zero-order chi connectivity index (χ0) is 25.1. The van der Waals surface area contributed by atoms with Crippen molar-refractivity contribution in [3.63, 3.8) is 0 Å². The molecule has 4 rings (SSSR count). The molecule has 1 aromatic carbocycles. The van der Waals surface area contributed by atoms with Crippen molar-refractivity contribution >= 4 is 35.0 Å². The van der Waals surface area contributed by atoms with Crippen LogP contribution in [0.4, 0.5) is 11.4 Å². The normalized spacial score (nSPS) is 24.1. The highest BCUT2D eigenvalue weighted by molar-refractivity contribution is 6.12. The monoisotopic (exact) mass is 482 g/mol. The Balaban J connectivity index is 1.83. The Hall–Kier alpha value is -2.90. The molecule has 8 nitrogen and oxygen atoms in total. The molecule has 0 atom stereocenters. The van der Waals surface area contributed by atoms with Gasteiger partial charge in [-0.05, 0) is 50.7 Å². The van der Waals surface area contributed by atoms with Gasteiger partial charge in [-0.3, -0.25) is 19.2 Å². The number of para-hydroxylation sites is 2. The van der Waals surface area contributed by atoms with Crippen molar-refractivity contribution < 1.29 is 19.2 Å². The topological polar surface area (TPSA) is 116 Å². The minimum atomic E-state index is -1.36. The van der Waals surface area contributed by atoms with Crippen LogP contribution in [-0.4, -0.2) is 34.7 Å². The summed E-state index contributed by atoms with van der Waals surface area (Å²) in [4.78, 5) is 55.2. The van der Waals surface area contributed by atoms with Gasteiger partial charge in [0.15, 0.2) is 0 Å². The quantitative estimate of drug-likeness (QED) is 0.476. The number of carbonyl (C=O) groups is 4. The molecule has 2 spiro atoms. The lowest BCUT2D eigenvalue weighted by Crippen LogP contribution is -2.65. The lowest BCUT2D eigenvalue weighted by atomic mass is 9.74. The van der Waals surface area contributed by atoms with Gasteiger partial charge in [0.25, 0.3) is 0 Å². The number of fused-ring (bicyclic) bond motifs is 1. The minimum Gasteiger partial charge on any atom is -0.341 e. The Kier molecular flexibility index (Phi) is 7.20. The first-order valence-corrected chi connectivity index (χ1v) is 13.2. The van der Waals surface area contributed by atoms with Crippen LogP contribution in [0.1, 0.15) is 90.9 Å². The van der Waals surface area contributed by atoms with E-state index in [1.54, 1.807) is 24.3 Å². The van der Waals surface area contributed by atoms with E-state index in [1.165, 1.54) is 0 Å². The van der Waals surface area contributed by atoms with Gasteiger partial charge >= 0.3 is 0 Å². The van der Waals surface area contributed by atoms with Gasteiger partial charge in [-0.25, -0.2) is 0 Å². The summed E-state index contributed by atoms with van der Waals surface area (Å²) in [6, 6.07) is 7.10. The Labute approximate surface area is 207 Å². The Morgan fingerprint density at radius 1 is 0.600 bits per heavy atom. The number of carbonyl (C=O) groups excluding carboxylic acids is 4. The number of amides is 4. The Morgan fingerprint density at radius 2 is 0.971 bits per heavy atom. The van der Waals surface area contributed by atoms with Gasteiger partial charge in [0, 0.05) is 0 Å². The van der Waals surface area contributed by atoms with Crippen molar-refractivity contribution in [1.29, 1.82) is 0 Å². The average molecular weight is 483 g/mol. The van der Waals surface area contributed by atoms with Gasteiger partial charge in [0.05, 0.1) is 11.4 Å². The fraction of sp³-hybridized carbons (Fsp3) is 0.630. The Bertz CT molecular complexity index is 914. The fourth-order valence-electron chi connectivity index (χ4n) is 5.98. The standard InChI is InChI=1S/C27H38N4O4/c1-3-25(4-2)21(32)30-26(15-9-5-10-16-26)23(34)28-19-13-7-8-14-20(19)29-24(35)27(31-22(25)33)17-11-6-12-18-27/h7-8,13-14H,3-6,9-12,15-18H2,1-2H3,(H,28,34)(H,29,35)(H,30,32)(H,31,33). The van der Waals surface area contributed by atoms with Crippen molar-refractivity contribution in [2.75, 3.05) is 10.6 Å². The molecule has 4 amide bonds. The molecule has 0 radical (unpaired) electrons. The number of anilines is 2. The van der Waals surface area contributed by atoms with Gasteiger partial charge < -0.3 is 21.3 Å². The zero-order valence-electron chi connectivity index (χ0n) is 20.9. The van der Waals surface area contributed by atoms with Gasteiger partial charge in [-0.1, -0.05) is 64.5 Å². The molecule has 2 aliphatic carbocycles. The molecule has 0 aromatic heterocycles. The maximum Gasteiger partial charge on any atom is 0.250 e. The highest BCUT2D eigenvalue weighted by Crippen LogP contribution is 2.37. The van der Waals surface area contributed by atoms with Crippen LogP contribution in [0.5, 0.6) is 0 Å². The van der Waals surface area contributed by atoms with Crippen molar-refractivity contribution in [3.8, 4) is 0 Å². The summed E-state index contributed by atoms with van der Waals surface area (Å²) in [6.07, 6.45) is 7.82. The van der Waals surface area contributed by atoms with Gasteiger partial charge in [0.2, 0.25) is 23.6 Å². The van der Waals surface area contributed by atoms with E-state index in [4.69, 9.17) is 0 Å². The lowest BCUT2D eigenvalue weighted by Gasteiger charge is -2.42. The minimum absolute atomic E-state index is 0.275. The van der Waals surface area contributed by atoms with Crippen LogP contribution < -0.4 is 21.3 Å². The summed E-state index contributed by atoms with van der Waals surface area (Å²) < 4.78 is 0. The second-order valence-electron chi connectivity index (χ2n) is 10.4. The van der Waals surface area contributed by atoms with Crippen LogP contribution in [0.15, 0.2) is 24.3 Å². The van der Waals surface area contributed by atoms with Crippen molar-refractivity contribution in [3.05, 3.63) is 24.3 Å². The van der Waals surface area contributed by atoms with E-state index in [0.29, 0.717) is 37.1 Å². The predicted molar refractivity (Wildman–Crippen MR) is 135 cm³/mol. The van der Waals surface area contributed by atoms with E-state index in [-0.39, 0.29) is 24.7 Å². The molecule has 0 bridgehead atoms. The van der Waals surface area contributed by atoms with Gasteiger partial charge in [0.1, 0.15) is 16.5 Å². The van der Waals surface area contributed by atoms with Crippen LogP contribution in [0.25, 0.3) is 0 Å². The van der Waals surface area contributed by atoms with Gasteiger partial charge in [-0.2, -0.15) is 0 Å². The highest BCUT2D eigenvalue weighted by atomic mass is 16.2. The molecule has 35 heavy (non-hydrogen) atoms. The summed E-state index contributed by atoms with van der Waals surface area (Å²) in [7, 11) is 0. The summed E-state index contributed by atoms with van der Waals surface area (Å²) in [5.41, 5.74) is -2.59. The number of nitrogens with one attached hydrogen (secondary N) is 4. The third-order valence-electron chi connectivity index (χ3n) is 8.49. The van der Waals surface area contributed by atoms with E-state index >= 15 is 0 Å². The first-order chi connectivity index (χ1) is 16.8. The maximum absolute atomic E-state index is 13.9. The number of rotatable bonds is 2. The molecule has 4 N–H and O–H groups in total. The first kappa shape index (κ1) is 25.2. The van der Waals surface area contributed by atoms with Crippen LogP contribution >= 0.6 is 0 Å². The maximum atomic E-state index is 13.9. The first-order valence-electron chi connectivity index (χ1n) is 13.2. The molecule has 1 heterocycles. The molecule has 8 heteroatoms. The molecule has 0 unspecified atom stereocenters. The molecule has 2 saturated carbocycles. The SMILES string of the molecule is CCC1(CC)C(=O)NC2(CCCCC2)C(=O)Nc2ccccc2NC(=O)C2(CCCCC2)NC1=O. The number of hydrogen-bond donors (Lipinski definition) is 4. The summed E-state index contributed by atoms with van der Waals surface area (Å²) >= 11 is 0. The third kappa shape index (κ3) is 4.55. The molecule has 1 aromatic rings. The van der Waals surface area contributed by atoms with Crippen molar-refractivity contribution in [2.24, 2.45) is 5.41 Å². The predicted octanol–water partition coefficient (Wildman–Crippen LogP) is 4.02. The van der Waals surface area contributed by atoms with Gasteiger partial charge in [-0.15, -0.1) is 0 Å². The van der Waals surface area contributed by atoms with Crippen LogP contribution in [0.2, 0.25) is 0 Å². The number of benzene rings is 1. The van der Waals surface area contributed by atoms with E-state index in [1.807, 2.05) is 13.8 Å². The van der Waals surface area contributed by atoms with Crippen LogP contribution in [-0.2, 0) is 19.2 Å². The molecule has 1 aliphatic heterocycles. The second kappa shape index (κ2) is 9.99. The number of hydrogen-bond acceptors (Lipinski definition) is 4. The van der Waals surface area contributed by atoms with E-state index < -0.39 is 28.3 Å². The molecular weight excluding hydrogens is 444 g/mol. The third-order valence-corrected chi connectivity index (χ3v) is 8.49. The summed E-state index contributed by atoms with van der Waals surface area (Å²) in [5.74, 6) is -1.48. The fourth-order valence-corrected chi connectivity index (χ4v) is 5.98. The molecule has 3 aliphatic rings. The second-order valence-corrected chi connectivity index (χ2v) is 10.4. The lowest BCUT2D eigenvalue weighted by molar-refractivity contribution is -0.150. The van der Waals surface area contributed by atoms with E-state index in [9.17, 15) is 19.2 Å². The van der Waals surface area contributed by atoms with Crippen LogP contribution in [0, 0.1) is 5.41 Å². The van der Waals surface area contributed by atoms with Crippen molar-refractivity contribution in [2.45, 2.75) is 102 Å². The van der Waals surface area contributed by atoms with Crippen molar-refractivity contribution in [1.82, 2.24) is 10.6 Å². The molecule has 190 valence electrons. The van der Waals surface area contributed by atoms with E-state index in [0.717, 1.165) is 38.5 Å². The molecule has 0 saturated heterocycles. The molecular formula is C27H38N4O4. The van der Waals surface area contributed by atoms with E-state index in [2.05, 4.69) is 21.3 Å².